The maximum absolute atomic E-state index is 12.2. The molecule has 1 aliphatic rings. The minimum absolute atomic E-state index is 0.283. The van der Waals surface area contributed by atoms with E-state index in [2.05, 4.69) is 48.5 Å². The van der Waals surface area contributed by atoms with Gasteiger partial charge in [-0.25, -0.2) is 0 Å². The molecule has 1 rings (SSSR count). The number of halogens is 1. The third-order valence-corrected chi connectivity index (χ3v) is 5.75. The molecule has 0 spiro atoms. The van der Waals surface area contributed by atoms with Crippen molar-refractivity contribution in [2.45, 2.75) is 59.8 Å². The van der Waals surface area contributed by atoms with Crippen molar-refractivity contribution in [3.63, 3.8) is 0 Å². The lowest BCUT2D eigenvalue weighted by molar-refractivity contribution is -0.129. The summed E-state index contributed by atoms with van der Waals surface area (Å²) in [6.07, 6.45) is 5.57. The van der Waals surface area contributed by atoms with Gasteiger partial charge in [-0.1, -0.05) is 56.5 Å². The molecule has 1 aliphatic heterocycles. The van der Waals surface area contributed by atoms with Crippen LogP contribution in [0.25, 0.3) is 0 Å². The summed E-state index contributed by atoms with van der Waals surface area (Å²) >= 11 is 3.71. The van der Waals surface area contributed by atoms with E-state index < -0.39 is 0 Å². The Kier molecular flexibility index (Phi) is 6.85. The second-order valence-electron chi connectivity index (χ2n) is 6.62. The molecule has 0 saturated carbocycles. The summed E-state index contributed by atoms with van der Waals surface area (Å²) in [5.74, 6) is 1.55. The van der Waals surface area contributed by atoms with Crippen molar-refractivity contribution < 1.29 is 4.79 Å². The Morgan fingerprint density at radius 1 is 1.32 bits per heavy atom. The summed E-state index contributed by atoms with van der Waals surface area (Å²) in [5, 5.41) is 1.01. The number of rotatable bonds is 8. The highest BCUT2D eigenvalue weighted by atomic mass is 79.9. The Labute approximate surface area is 127 Å². The predicted octanol–water partition coefficient (Wildman–Crippen LogP) is 4.47. The Balaban J connectivity index is 2.71. The molecule has 1 fully saturated rings. The molecule has 0 radical (unpaired) electrons. The van der Waals surface area contributed by atoms with E-state index in [0.29, 0.717) is 17.7 Å². The highest BCUT2D eigenvalue weighted by Crippen LogP contribution is 2.36. The van der Waals surface area contributed by atoms with Gasteiger partial charge in [-0.3, -0.25) is 4.79 Å². The molecule has 0 bridgehead atoms. The molecule has 1 atom stereocenters. The fourth-order valence-corrected chi connectivity index (χ4v) is 4.06. The average Bonchev–Trinajstić information content (AvgIpc) is 2.71. The smallest absolute Gasteiger partial charge is 0.222 e. The lowest BCUT2D eigenvalue weighted by atomic mass is 9.80. The van der Waals surface area contributed by atoms with Gasteiger partial charge in [0, 0.05) is 24.8 Å². The van der Waals surface area contributed by atoms with Crippen LogP contribution in [0.4, 0.5) is 0 Å². The lowest BCUT2D eigenvalue weighted by Crippen LogP contribution is -2.40. The summed E-state index contributed by atoms with van der Waals surface area (Å²) < 4.78 is 0. The second-order valence-corrected chi connectivity index (χ2v) is 7.18. The lowest BCUT2D eigenvalue weighted by Gasteiger charge is -2.36. The third-order valence-electron chi connectivity index (χ3n) is 4.56. The third kappa shape index (κ3) is 4.47. The van der Waals surface area contributed by atoms with Gasteiger partial charge < -0.3 is 4.90 Å². The zero-order chi connectivity index (χ0) is 14.5. The molecule has 19 heavy (non-hydrogen) atoms. The number of nitrogens with zero attached hydrogens (tertiary/aromatic N) is 1. The standard InChI is InChI=1S/C16H30BrNO/c1-5-7-16(11-17,8-6-2)12-18-10-14(13(3)4)9-15(18)19/h13-14H,5-12H2,1-4H3. The molecule has 1 unspecified atom stereocenters. The normalized spacial score (nSPS) is 20.6. The van der Waals surface area contributed by atoms with Crippen molar-refractivity contribution >= 4 is 21.8 Å². The quantitative estimate of drug-likeness (QED) is 0.601. The number of likely N-dealkylation sites (tertiary alicyclic amines) is 1. The van der Waals surface area contributed by atoms with Gasteiger partial charge in [0.15, 0.2) is 0 Å². The van der Waals surface area contributed by atoms with Gasteiger partial charge in [0.2, 0.25) is 5.91 Å². The fourth-order valence-electron chi connectivity index (χ4n) is 3.33. The topological polar surface area (TPSA) is 20.3 Å². The van der Waals surface area contributed by atoms with Crippen molar-refractivity contribution in [1.29, 1.82) is 0 Å². The molecule has 0 aromatic heterocycles. The molecule has 1 heterocycles. The molecule has 0 aliphatic carbocycles. The first-order valence-electron chi connectivity index (χ1n) is 7.81. The van der Waals surface area contributed by atoms with E-state index in [1.54, 1.807) is 0 Å². The van der Waals surface area contributed by atoms with Gasteiger partial charge >= 0.3 is 0 Å². The minimum atomic E-state index is 0.283. The molecule has 2 nitrogen and oxygen atoms in total. The van der Waals surface area contributed by atoms with Gasteiger partial charge in [0.1, 0.15) is 0 Å². The van der Waals surface area contributed by atoms with E-state index in [1.807, 2.05) is 0 Å². The summed E-state index contributed by atoms with van der Waals surface area (Å²) in [7, 11) is 0. The number of carbonyl (C=O) groups excluding carboxylic acids is 1. The summed E-state index contributed by atoms with van der Waals surface area (Å²) in [6.45, 7) is 10.9. The first-order valence-corrected chi connectivity index (χ1v) is 8.94. The monoisotopic (exact) mass is 331 g/mol. The number of hydrogen-bond acceptors (Lipinski definition) is 1. The Morgan fingerprint density at radius 2 is 1.89 bits per heavy atom. The van der Waals surface area contributed by atoms with Crippen molar-refractivity contribution in [1.82, 2.24) is 4.90 Å². The zero-order valence-electron chi connectivity index (χ0n) is 13.0. The average molecular weight is 332 g/mol. The van der Waals surface area contributed by atoms with Crippen LogP contribution in [0.2, 0.25) is 0 Å². The largest absolute Gasteiger partial charge is 0.342 e. The molecule has 0 aromatic carbocycles. The SMILES string of the molecule is CCCC(CBr)(CCC)CN1CC(C(C)C)CC1=O. The van der Waals surface area contributed by atoms with Gasteiger partial charge in [-0.05, 0) is 30.1 Å². The van der Waals surface area contributed by atoms with Crippen LogP contribution in [0, 0.1) is 17.3 Å². The van der Waals surface area contributed by atoms with Gasteiger partial charge in [0.05, 0.1) is 0 Å². The van der Waals surface area contributed by atoms with Crippen LogP contribution in [-0.4, -0.2) is 29.2 Å². The number of carbonyl (C=O) groups is 1. The Bertz CT molecular complexity index is 284. The molecular weight excluding hydrogens is 302 g/mol. The van der Waals surface area contributed by atoms with E-state index in [0.717, 1.165) is 24.8 Å². The molecule has 112 valence electrons. The van der Waals surface area contributed by atoms with Crippen molar-refractivity contribution in [2.75, 3.05) is 18.4 Å². The summed E-state index contributed by atoms with van der Waals surface area (Å²) in [5.41, 5.74) is 0.283. The zero-order valence-corrected chi connectivity index (χ0v) is 14.6. The van der Waals surface area contributed by atoms with Gasteiger partial charge in [-0.15, -0.1) is 0 Å². The van der Waals surface area contributed by atoms with E-state index >= 15 is 0 Å². The fraction of sp³-hybridized carbons (Fsp3) is 0.938. The molecule has 0 N–H and O–H groups in total. The first-order chi connectivity index (χ1) is 8.98. The van der Waals surface area contributed by atoms with E-state index in [-0.39, 0.29) is 5.41 Å². The minimum Gasteiger partial charge on any atom is -0.342 e. The summed E-state index contributed by atoms with van der Waals surface area (Å²) in [6, 6.07) is 0. The van der Waals surface area contributed by atoms with Crippen LogP contribution < -0.4 is 0 Å². The maximum Gasteiger partial charge on any atom is 0.222 e. The Morgan fingerprint density at radius 3 is 2.26 bits per heavy atom. The van der Waals surface area contributed by atoms with E-state index in [4.69, 9.17) is 0 Å². The first kappa shape index (κ1) is 17.0. The predicted molar refractivity (Wildman–Crippen MR) is 85.6 cm³/mol. The van der Waals surface area contributed by atoms with Gasteiger partial charge in [0.25, 0.3) is 0 Å². The van der Waals surface area contributed by atoms with Crippen molar-refractivity contribution in [2.24, 2.45) is 17.3 Å². The van der Waals surface area contributed by atoms with Gasteiger partial charge in [-0.2, -0.15) is 0 Å². The number of amides is 1. The van der Waals surface area contributed by atoms with Crippen molar-refractivity contribution in [3.8, 4) is 0 Å². The number of hydrogen-bond donors (Lipinski definition) is 0. The van der Waals surface area contributed by atoms with Crippen LogP contribution in [-0.2, 0) is 4.79 Å². The van der Waals surface area contributed by atoms with Crippen LogP contribution in [0.5, 0.6) is 0 Å². The van der Waals surface area contributed by atoms with Crippen molar-refractivity contribution in [3.05, 3.63) is 0 Å². The van der Waals surface area contributed by atoms with Crippen LogP contribution in [0.15, 0.2) is 0 Å². The van der Waals surface area contributed by atoms with Crippen LogP contribution in [0.1, 0.15) is 59.8 Å². The second kappa shape index (κ2) is 7.66. The highest BCUT2D eigenvalue weighted by molar-refractivity contribution is 9.09. The highest BCUT2D eigenvalue weighted by Gasteiger charge is 2.37. The van der Waals surface area contributed by atoms with Crippen LogP contribution >= 0.6 is 15.9 Å². The molecule has 3 heteroatoms. The van der Waals surface area contributed by atoms with E-state index in [9.17, 15) is 4.79 Å². The molecule has 1 saturated heterocycles. The number of alkyl halides is 1. The summed E-state index contributed by atoms with van der Waals surface area (Å²) in [4.78, 5) is 14.3. The maximum atomic E-state index is 12.2. The molecular formula is C16H30BrNO. The molecule has 0 aromatic rings. The molecule has 1 amide bonds. The van der Waals surface area contributed by atoms with E-state index in [1.165, 1.54) is 25.7 Å². The Hall–Kier alpha value is -0.0500. The van der Waals surface area contributed by atoms with Crippen LogP contribution in [0.3, 0.4) is 0 Å².